The lowest BCUT2D eigenvalue weighted by atomic mass is 10.1. The van der Waals surface area contributed by atoms with Crippen LogP contribution in [0.15, 0.2) is 24.3 Å². The maximum atomic E-state index is 12.9. The number of halogens is 1. The van der Waals surface area contributed by atoms with Crippen LogP contribution in [0.3, 0.4) is 0 Å². The van der Waals surface area contributed by atoms with Gasteiger partial charge in [0, 0.05) is 17.8 Å². The van der Waals surface area contributed by atoms with E-state index in [1.165, 1.54) is 12.1 Å². The van der Waals surface area contributed by atoms with Gasteiger partial charge in [0.25, 0.3) is 0 Å². The van der Waals surface area contributed by atoms with Crippen molar-refractivity contribution in [2.45, 2.75) is 52.6 Å². The third-order valence-corrected chi connectivity index (χ3v) is 3.02. The molecule has 0 fully saturated rings. The van der Waals surface area contributed by atoms with Crippen molar-refractivity contribution in [1.29, 1.82) is 0 Å². The van der Waals surface area contributed by atoms with Crippen LogP contribution in [0.1, 0.15) is 40.5 Å². The zero-order valence-electron chi connectivity index (χ0n) is 10.7. The van der Waals surface area contributed by atoms with E-state index in [1.54, 1.807) is 0 Å². The lowest BCUT2D eigenvalue weighted by Crippen LogP contribution is -2.39. The van der Waals surface area contributed by atoms with Crippen LogP contribution in [-0.4, -0.2) is 12.1 Å². The predicted octanol–water partition coefficient (Wildman–Crippen LogP) is 4.23. The summed E-state index contributed by atoms with van der Waals surface area (Å²) in [5.41, 5.74) is 1.12. The van der Waals surface area contributed by atoms with Crippen LogP contribution in [0, 0.1) is 5.82 Å². The Morgan fingerprint density at radius 1 is 1.06 bits per heavy atom. The number of nitrogens with zero attached hydrogens (tertiary/aromatic N) is 1. The highest BCUT2D eigenvalue weighted by Gasteiger charge is 2.18. The number of anilines is 1. The van der Waals surface area contributed by atoms with Crippen molar-refractivity contribution in [2.75, 3.05) is 4.90 Å². The number of hydrogen-bond acceptors (Lipinski definition) is 1. The van der Waals surface area contributed by atoms with Crippen molar-refractivity contribution in [3.63, 3.8) is 0 Å². The normalized spacial score (nSPS) is 11.2. The van der Waals surface area contributed by atoms with E-state index in [2.05, 4.69) is 32.6 Å². The summed E-state index contributed by atoms with van der Waals surface area (Å²) in [6.45, 7) is 8.77. The Balaban J connectivity index is 2.97. The molecule has 1 aromatic carbocycles. The molecule has 16 heavy (non-hydrogen) atoms. The number of hydrogen-bond donors (Lipinski definition) is 0. The fourth-order valence-corrected chi connectivity index (χ4v) is 2.23. The maximum absolute atomic E-state index is 12.9. The predicted molar refractivity (Wildman–Crippen MR) is 68.4 cm³/mol. The Labute approximate surface area is 98.3 Å². The van der Waals surface area contributed by atoms with Gasteiger partial charge < -0.3 is 4.90 Å². The number of benzene rings is 1. The Hall–Kier alpha value is -1.05. The Kier molecular flexibility index (Phi) is 4.78. The first-order valence-electron chi connectivity index (χ1n) is 6.14. The van der Waals surface area contributed by atoms with Crippen LogP contribution in [0.25, 0.3) is 0 Å². The lowest BCUT2D eigenvalue weighted by Gasteiger charge is -2.36. The van der Waals surface area contributed by atoms with Crippen molar-refractivity contribution in [2.24, 2.45) is 0 Å². The fraction of sp³-hybridized carbons (Fsp3) is 0.571. The Bertz CT molecular complexity index is 301. The third-order valence-electron chi connectivity index (χ3n) is 3.02. The van der Waals surface area contributed by atoms with E-state index in [1.807, 2.05) is 12.1 Å². The molecule has 1 rings (SSSR count). The molecule has 0 saturated carbocycles. The summed E-state index contributed by atoms with van der Waals surface area (Å²) in [5, 5.41) is 0. The van der Waals surface area contributed by atoms with Gasteiger partial charge >= 0.3 is 0 Å². The quantitative estimate of drug-likeness (QED) is 0.722. The second-order valence-corrected chi connectivity index (χ2v) is 4.45. The first kappa shape index (κ1) is 13.0. The van der Waals surface area contributed by atoms with Crippen molar-refractivity contribution in [1.82, 2.24) is 0 Å². The molecule has 0 radical (unpaired) electrons. The van der Waals surface area contributed by atoms with Gasteiger partial charge in [-0.2, -0.15) is 0 Å². The molecule has 1 aromatic rings. The highest BCUT2D eigenvalue weighted by atomic mass is 19.1. The second-order valence-electron chi connectivity index (χ2n) is 4.45. The zero-order valence-corrected chi connectivity index (χ0v) is 10.7. The van der Waals surface area contributed by atoms with Crippen molar-refractivity contribution >= 4 is 5.69 Å². The molecule has 0 aliphatic carbocycles. The van der Waals surface area contributed by atoms with Crippen LogP contribution in [0.2, 0.25) is 0 Å². The standard InChI is InChI=1S/C14H22FN/c1-5-13(6-2)16(11(3)4)14-9-7-12(15)8-10-14/h7-11,13H,5-6H2,1-4H3. The molecule has 0 N–H and O–H groups in total. The molecule has 0 aromatic heterocycles. The lowest BCUT2D eigenvalue weighted by molar-refractivity contribution is 0.515. The highest BCUT2D eigenvalue weighted by Crippen LogP contribution is 2.23. The Morgan fingerprint density at radius 3 is 1.94 bits per heavy atom. The molecule has 0 unspecified atom stereocenters. The number of rotatable bonds is 5. The third kappa shape index (κ3) is 2.97. The second kappa shape index (κ2) is 5.88. The first-order valence-corrected chi connectivity index (χ1v) is 6.14. The molecular weight excluding hydrogens is 201 g/mol. The molecule has 0 amide bonds. The molecule has 2 heteroatoms. The van der Waals surface area contributed by atoms with Gasteiger partial charge in [-0.1, -0.05) is 13.8 Å². The monoisotopic (exact) mass is 223 g/mol. The summed E-state index contributed by atoms with van der Waals surface area (Å²) in [6.07, 6.45) is 2.23. The maximum Gasteiger partial charge on any atom is 0.123 e. The van der Waals surface area contributed by atoms with Gasteiger partial charge in [-0.05, 0) is 51.0 Å². The molecule has 0 bridgehead atoms. The van der Waals surface area contributed by atoms with Gasteiger partial charge in [-0.3, -0.25) is 0 Å². The van der Waals surface area contributed by atoms with Crippen molar-refractivity contribution in [3.05, 3.63) is 30.1 Å². The minimum Gasteiger partial charge on any atom is -0.366 e. The summed E-state index contributed by atoms with van der Waals surface area (Å²) in [6, 6.07) is 7.78. The highest BCUT2D eigenvalue weighted by molar-refractivity contribution is 5.48. The smallest absolute Gasteiger partial charge is 0.123 e. The van der Waals surface area contributed by atoms with E-state index in [0.29, 0.717) is 12.1 Å². The van der Waals surface area contributed by atoms with Crippen LogP contribution in [0.5, 0.6) is 0 Å². The van der Waals surface area contributed by atoms with E-state index in [9.17, 15) is 4.39 Å². The van der Waals surface area contributed by atoms with Crippen molar-refractivity contribution < 1.29 is 4.39 Å². The summed E-state index contributed by atoms with van der Waals surface area (Å²) in [7, 11) is 0. The van der Waals surface area contributed by atoms with E-state index >= 15 is 0 Å². The average molecular weight is 223 g/mol. The van der Waals surface area contributed by atoms with Crippen LogP contribution in [0.4, 0.5) is 10.1 Å². The molecule has 0 saturated heterocycles. The van der Waals surface area contributed by atoms with Gasteiger partial charge in [0.2, 0.25) is 0 Å². The van der Waals surface area contributed by atoms with Gasteiger partial charge in [0.05, 0.1) is 0 Å². The van der Waals surface area contributed by atoms with Gasteiger partial charge in [-0.25, -0.2) is 4.39 Å². The Morgan fingerprint density at radius 2 is 1.56 bits per heavy atom. The van der Waals surface area contributed by atoms with E-state index < -0.39 is 0 Å². The molecule has 0 aliphatic heterocycles. The zero-order chi connectivity index (χ0) is 12.1. The molecule has 0 spiro atoms. The molecule has 0 atom stereocenters. The summed E-state index contributed by atoms with van der Waals surface area (Å²) in [5.74, 6) is -0.169. The summed E-state index contributed by atoms with van der Waals surface area (Å²) < 4.78 is 12.9. The van der Waals surface area contributed by atoms with E-state index in [-0.39, 0.29) is 5.82 Å². The van der Waals surface area contributed by atoms with E-state index in [0.717, 1.165) is 18.5 Å². The van der Waals surface area contributed by atoms with Crippen LogP contribution >= 0.6 is 0 Å². The molecule has 0 aliphatic rings. The molecule has 1 nitrogen and oxygen atoms in total. The van der Waals surface area contributed by atoms with E-state index in [4.69, 9.17) is 0 Å². The first-order chi connectivity index (χ1) is 7.60. The largest absolute Gasteiger partial charge is 0.366 e. The van der Waals surface area contributed by atoms with Crippen molar-refractivity contribution in [3.8, 4) is 0 Å². The van der Waals surface area contributed by atoms with Crippen LogP contribution in [-0.2, 0) is 0 Å². The van der Waals surface area contributed by atoms with Gasteiger partial charge in [0.15, 0.2) is 0 Å². The summed E-state index contributed by atoms with van der Waals surface area (Å²) in [4.78, 5) is 2.37. The molecule has 90 valence electrons. The average Bonchev–Trinajstić information content (AvgIpc) is 2.27. The van der Waals surface area contributed by atoms with Gasteiger partial charge in [-0.15, -0.1) is 0 Å². The van der Waals surface area contributed by atoms with Gasteiger partial charge in [0.1, 0.15) is 5.82 Å². The topological polar surface area (TPSA) is 3.24 Å². The molecule has 0 heterocycles. The van der Waals surface area contributed by atoms with Crippen LogP contribution < -0.4 is 4.90 Å². The molecular formula is C14H22FN. The minimum atomic E-state index is -0.169. The minimum absolute atomic E-state index is 0.169. The fourth-order valence-electron chi connectivity index (χ4n) is 2.23. The SMILES string of the molecule is CCC(CC)N(c1ccc(F)cc1)C(C)C. The summed E-state index contributed by atoms with van der Waals surface area (Å²) >= 11 is 0.